The van der Waals surface area contributed by atoms with E-state index in [4.69, 9.17) is 11.6 Å². The van der Waals surface area contributed by atoms with Crippen LogP contribution in [0.25, 0.3) is 22.4 Å². The summed E-state index contributed by atoms with van der Waals surface area (Å²) in [4.78, 5) is 21.3. The molecule has 0 saturated carbocycles. The molecule has 1 amide bonds. The lowest BCUT2D eigenvalue weighted by atomic mass is 10.1. The highest BCUT2D eigenvalue weighted by Gasteiger charge is 2.13. The number of nitrogens with zero attached hydrogens (tertiary/aromatic N) is 2. The fourth-order valence-corrected chi connectivity index (χ4v) is 3.49. The Labute approximate surface area is 184 Å². The quantitative estimate of drug-likeness (QED) is 0.392. The summed E-state index contributed by atoms with van der Waals surface area (Å²) in [7, 11) is 0. The van der Waals surface area contributed by atoms with Gasteiger partial charge in [-0.2, -0.15) is 0 Å². The molecule has 0 aliphatic carbocycles. The highest BCUT2D eigenvalue weighted by molar-refractivity contribution is 6.33. The maximum Gasteiger partial charge on any atom is 0.257 e. The van der Waals surface area contributed by atoms with Crippen LogP contribution in [0.4, 0.5) is 10.1 Å². The zero-order valence-electron chi connectivity index (χ0n) is 16.8. The summed E-state index contributed by atoms with van der Waals surface area (Å²) in [5.41, 5.74) is 5.23. The Morgan fingerprint density at radius 3 is 2.48 bits per heavy atom. The zero-order valence-corrected chi connectivity index (χ0v) is 17.5. The van der Waals surface area contributed by atoms with Crippen molar-refractivity contribution in [3.05, 3.63) is 101 Å². The molecule has 4 rings (SSSR count). The van der Waals surface area contributed by atoms with Gasteiger partial charge in [0.1, 0.15) is 6.67 Å². The van der Waals surface area contributed by atoms with Crippen LogP contribution in [-0.2, 0) is 6.67 Å². The number of aromatic nitrogens is 2. The van der Waals surface area contributed by atoms with Crippen molar-refractivity contribution in [2.75, 3.05) is 5.32 Å². The summed E-state index contributed by atoms with van der Waals surface area (Å²) in [6.45, 7) is 1.01. The van der Waals surface area contributed by atoms with Crippen molar-refractivity contribution >= 4 is 23.2 Å². The third-order valence-corrected chi connectivity index (χ3v) is 5.23. The second kappa shape index (κ2) is 9.06. The van der Waals surface area contributed by atoms with Crippen LogP contribution in [0.1, 0.15) is 21.7 Å². The van der Waals surface area contributed by atoms with Crippen molar-refractivity contribution in [1.82, 2.24) is 9.97 Å². The van der Waals surface area contributed by atoms with E-state index in [1.54, 1.807) is 37.4 Å². The Morgan fingerprint density at radius 2 is 1.81 bits per heavy atom. The van der Waals surface area contributed by atoms with Gasteiger partial charge in [-0.25, -0.2) is 4.39 Å². The largest absolute Gasteiger partial charge is 0.322 e. The lowest BCUT2D eigenvalue weighted by Crippen LogP contribution is -2.14. The molecule has 0 saturated heterocycles. The Kier molecular flexibility index (Phi) is 6.05. The normalized spacial score (nSPS) is 10.7. The number of aryl methyl sites for hydroxylation is 1. The van der Waals surface area contributed by atoms with Gasteiger partial charge < -0.3 is 5.32 Å². The van der Waals surface area contributed by atoms with Crippen molar-refractivity contribution in [2.24, 2.45) is 0 Å². The molecule has 2 aromatic carbocycles. The van der Waals surface area contributed by atoms with Gasteiger partial charge in [-0.1, -0.05) is 48.0 Å². The predicted octanol–water partition coefficient (Wildman–Crippen LogP) is 6.49. The van der Waals surface area contributed by atoms with E-state index in [1.807, 2.05) is 42.5 Å². The molecule has 1 N–H and O–H groups in total. The van der Waals surface area contributed by atoms with Crippen molar-refractivity contribution in [2.45, 2.75) is 13.6 Å². The summed E-state index contributed by atoms with van der Waals surface area (Å²) in [5.74, 6) is -0.323. The molecule has 0 fully saturated rings. The fourth-order valence-electron chi connectivity index (χ4n) is 3.28. The van der Waals surface area contributed by atoms with Crippen LogP contribution in [0.5, 0.6) is 0 Å². The number of anilines is 1. The summed E-state index contributed by atoms with van der Waals surface area (Å²) in [6.07, 6.45) is 1.80. The first-order valence-electron chi connectivity index (χ1n) is 9.70. The number of benzene rings is 2. The number of amides is 1. The number of nitrogens with one attached hydrogen (secondary N) is 1. The van der Waals surface area contributed by atoms with Crippen molar-refractivity contribution in [3.63, 3.8) is 0 Å². The van der Waals surface area contributed by atoms with E-state index in [0.717, 1.165) is 11.1 Å². The molecule has 0 atom stereocenters. The van der Waals surface area contributed by atoms with Gasteiger partial charge in [0.25, 0.3) is 5.91 Å². The summed E-state index contributed by atoms with van der Waals surface area (Å²) in [5, 5.41) is 3.38. The standard InChI is InChI=1S/C25H19ClFN3O/c1-16-21(10-8-20(14-27)29-16)25(31)30-19-9-11-23(26)22(13-19)24-12-7-18(15-28-24)17-5-3-2-4-6-17/h2-13,15H,14H2,1H3,(H,30,31). The second-order valence-corrected chi connectivity index (χ2v) is 7.42. The van der Waals surface area contributed by atoms with E-state index in [9.17, 15) is 9.18 Å². The molecule has 2 heterocycles. The molecule has 0 aliphatic heterocycles. The van der Waals surface area contributed by atoms with Gasteiger partial charge in [-0.3, -0.25) is 14.8 Å². The summed E-state index contributed by atoms with van der Waals surface area (Å²) < 4.78 is 12.8. The minimum Gasteiger partial charge on any atom is -0.322 e. The second-order valence-electron chi connectivity index (χ2n) is 7.02. The van der Waals surface area contributed by atoms with Crippen LogP contribution in [0.2, 0.25) is 5.02 Å². The van der Waals surface area contributed by atoms with Gasteiger partial charge in [-0.05, 0) is 48.9 Å². The van der Waals surface area contributed by atoms with E-state index < -0.39 is 6.67 Å². The molecule has 0 radical (unpaired) electrons. The smallest absolute Gasteiger partial charge is 0.257 e. The van der Waals surface area contributed by atoms with Crippen LogP contribution in [0, 0.1) is 6.92 Å². The fraction of sp³-hybridized carbons (Fsp3) is 0.0800. The van der Waals surface area contributed by atoms with Gasteiger partial charge in [0, 0.05) is 23.0 Å². The minimum absolute atomic E-state index is 0.299. The van der Waals surface area contributed by atoms with Crippen molar-refractivity contribution in [3.8, 4) is 22.4 Å². The highest BCUT2D eigenvalue weighted by Crippen LogP contribution is 2.31. The number of carbonyl (C=O) groups is 1. The van der Waals surface area contributed by atoms with Gasteiger partial charge in [0.2, 0.25) is 0 Å². The first-order valence-corrected chi connectivity index (χ1v) is 10.1. The summed E-state index contributed by atoms with van der Waals surface area (Å²) in [6, 6.07) is 22.2. The maximum absolute atomic E-state index is 12.8. The number of hydrogen-bond donors (Lipinski definition) is 1. The minimum atomic E-state index is -0.667. The van der Waals surface area contributed by atoms with Gasteiger partial charge in [-0.15, -0.1) is 0 Å². The number of hydrogen-bond acceptors (Lipinski definition) is 3. The molecule has 154 valence electrons. The Morgan fingerprint density at radius 1 is 1.00 bits per heavy atom. The lowest BCUT2D eigenvalue weighted by molar-refractivity contribution is 0.102. The van der Waals surface area contributed by atoms with Gasteiger partial charge >= 0.3 is 0 Å². The van der Waals surface area contributed by atoms with Crippen LogP contribution in [0.3, 0.4) is 0 Å². The third-order valence-electron chi connectivity index (χ3n) is 4.90. The third kappa shape index (κ3) is 4.62. The Balaban J connectivity index is 1.58. The zero-order chi connectivity index (χ0) is 21.8. The van der Waals surface area contributed by atoms with Gasteiger partial charge in [0.05, 0.1) is 27.7 Å². The molecular weight excluding hydrogens is 413 g/mol. The van der Waals surface area contributed by atoms with E-state index >= 15 is 0 Å². The topological polar surface area (TPSA) is 54.9 Å². The molecule has 0 unspecified atom stereocenters. The van der Waals surface area contributed by atoms with E-state index in [0.29, 0.717) is 38.9 Å². The number of rotatable bonds is 5. The number of halogens is 2. The number of carbonyl (C=O) groups excluding carboxylic acids is 1. The van der Waals surface area contributed by atoms with E-state index in [-0.39, 0.29) is 5.91 Å². The first-order chi connectivity index (χ1) is 15.0. The highest BCUT2D eigenvalue weighted by atomic mass is 35.5. The predicted molar refractivity (Wildman–Crippen MR) is 122 cm³/mol. The maximum atomic E-state index is 12.8. The Hall–Kier alpha value is -3.57. The number of pyridine rings is 2. The van der Waals surface area contributed by atoms with Crippen LogP contribution in [-0.4, -0.2) is 15.9 Å². The first kappa shape index (κ1) is 20.7. The van der Waals surface area contributed by atoms with E-state index in [1.165, 1.54) is 6.07 Å². The molecule has 0 spiro atoms. The average molecular weight is 432 g/mol. The lowest BCUT2D eigenvalue weighted by Gasteiger charge is -2.11. The molecule has 4 nitrogen and oxygen atoms in total. The van der Waals surface area contributed by atoms with Crippen molar-refractivity contribution < 1.29 is 9.18 Å². The molecule has 4 aromatic rings. The van der Waals surface area contributed by atoms with Crippen molar-refractivity contribution in [1.29, 1.82) is 0 Å². The number of alkyl halides is 1. The molecule has 0 bridgehead atoms. The van der Waals surface area contributed by atoms with Gasteiger partial charge in [0.15, 0.2) is 0 Å². The summed E-state index contributed by atoms with van der Waals surface area (Å²) >= 11 is 6.40. The molecule has 2 aromatic heterocycles. The van der Waals surface area contributed by atoms with Crippen LogP contribution < -0.4 is 5.32 Å². The SMILES string of the molecule is Cc1nc(CF)ccc1C(=O)Nc1ccc(Cl)c(-c2ccc(-c3ccccc3)cn2)c1. The van der Waals surface area contributed by atoms with E-state index in [2.05, 4.69) is 15.3 Å². The van der Waals surface area contributed by atoms with Crippen LogP contribution >= 0.6 is 11.6 Å². The molecule has 6 heteroatoms. The molecule has 31 heavy (non-hydrogen) atoms. The van der Waals surface area contributed by atoms with Crippen LogP contribution in [0.15, 0.2) is 79.0 Å². The Bertz CT molecular complexity index is 1230. The molecular formula is C25H19ClFN3O. The molecule has 0 aliphatic rings. The average Bonchev–Trinajstić information content (AvgIpc) is 2.81. The monoisotopic (exact) mass is 431 g/mol.